The van der Waals surface area contributed by atoms with Gasteiger partial charge in [0.25, 0.3) is 0 Å². The van der Waals surface area contributed by atoms with E-state index in [1.165, 1.54) is 0 Å². The highest BCUT2D eigenvalue weighted by atomic mass is 16.5. The summed E-state index contributed by atoms with van der Waals surface area (Å²) in [7, 11) is 3.23. The van der Waals surface area contributed by atoms with E-state index in [1.54, 1.807) is 26.5 Å². The molecule has 2 heterocycles. The Labute approximate surface area is 152 Å². The summed E-state index contributed by atoms with van der Waals surface area (Å²) in [6.45, 7) is 1.27. The second-order valence-corrected chi connectivity index (χ2v) is 6.00. The molecule has 138 valence electrons. The molecule has 1 aromatic carbocycles. The minimum atomic E-state index is -0.00982. The molecule has 1 aromatic heterocycles. The number of anilines is 3. The van der Waals surface area contributed by atoms with Crippen molar-refractivity contribution in [3.63, 3.8) is 0 Å². The normalized spacial score (nSPS) is 14.5. The maximum absolute atomic E-state index is 12.2. The van der Waals surface area contributed by atoms with Gasteiger partial charge in [0.1, 0.15) is 17.3 Å². The van der Waals surface area contributed by atoms with Gasteiger partial charge in [-0.3, -0.25) is 4.79 Å². The summed E-state index contributed by atoms with van der Waals surface area (Å²) in [6.07, 6.45) is 3.17. The topological polar surface area (TPSA) is 81.7 Å². The Kier molecular flexibility index (Phi) is 5.91. The molecule has 1 amide bonds. The first-order valence-electron chi connectivity index (χ1n) is 8.53. The Hall–Kier alpha value is -2.80. The van der Waals surface area contributed by atoms with Crippen molar-refractivity contribution in [2.24, 2.45) is 5.92 Å². The van der Waals surface area contributed by atoms with Crippen LogP contribution in [0.15, 0.2) is 36.5 Å². The number of carbonyl (C=O) groups excluding carboxylic acids is 1. The van der Waals surface area contributed by atoms with Crippen LogP contribution in [-0.4, -0.2) is 38.3 Å². The van der Waals surface area contributed by atoms with Crippen LogP contribution in [0.4, 0.5) is 17.2 Å². The van der Waals surface area contributed by atoms with Crippen LogP contribution < -0.4 is 20.1 Å². The van der Waals surface area contributed by atoms with Crippen molar-refractivity contribution in [2.75, 3.05) is 38.1 Å². The van der Waals surface area contributed by atoms with E-state index in [1.807, 2.05) is 24.3 Å². The first kappa shape index (κ1) is 18.0. The predicted molar refractivity (Wildman–Crippen MR) is 99.2 cm³/mol. The van der Waals surface area contributed by atoms with Crippen LogP contribution in [0.5, 0.6) is 11.5 Å². The van der Waals surface area contributed by atoms with Crippen LogP contribution in [0, 0.1) is 5.92 Å². The number of nitrogens with zero attached hydrogens (tertiary/aromatic N) is 1. The van der Waals surface area contributed by atoms with Crippen LogP contribution >= 0.6 is 0 Å². The van der Waals surface area contributed by atoms with Crippen molar-refractivity contribution in [2.45, 2.75) is 12.8 Å². The van der Waals surface area contributed by atoms with E-state index in [2.05, 4.69) is 15.6 Å². The summed E-state index contributed by atoms with van der Waals surface area (Å²) in [4.78, 5) is 16.6. The number of pyridine rings is 1. The van der Waals surface area contributed by atoms with Crippen LogP contribution in [0.2, 0.25) is 0 Å². The summed E-state index contributed by atoms with van der Waals surface area (Å²) >= 11 is 0. The molecule has 1 aliphatic rings. The number of rotatable bonds is 6. The first-order chi connectivity index (χ1) is 12.7. The zero-order valence-corrected chi connectivity index (χ0v) is 15.0. The lowest BCUT2D eigenvalue weighted by atomic mass is 9.99. The van der Waals surface area contributed by atoms with Crippen molar-refractivity contribution in [3.05, 3.63) is 36.5 Å². The van der Waals surface area contributed by atoms with Gasteiger partial charge in [-0.2, -0.15) is 0 Å². The highest BCUT2D eigenvalue weighted by molar-refractivity contribution is 5.91. The summed E-state index contributed by atoms with van der Waals surface area (Å²) < 4.78 is 15.9. The van der Waals surface area contributed by atoms with Gasteiger partial charge in [0, 0.05) is 25.2 Å². The summed E-state index contributed by atoms with van der Waals surface area (Å²) in [6, 6.07) is 9.13. The lowest BCUT2D eigenvalue weighted by Crippen LogP contribution is -2.28. The molecular weight excluding hydrogens is 334 g/mol. The molecule has 0 saturated carbocycles. The Morgan fingerprint density at radius 3 is 2.62 bits per heavy atom. The predicted octanol–water partition coefficient (Wildman–Crippen LogP) is 3.21. The van der Waals surface area contributed by atoms with E-state index >= 15 is 0 Å². The number of carbonyl (C=O) groups is 1. The fourth-order valence-electron chi connectivity index (χ4n) is 2.80. The van der Waals surface area contributed by atoms with E-state index in [-0.39, 0.29) is 11.8 Å². The zero-order valence-electron chi connectivity index (χ0n) is 15.0. The van der Waals surface area contributed by atoms with E-state index in [0.29, 0.717) is 24.8 Å². The molecule has 0 atom stereocenters. The molecule has 2 aromatic rings. The Morgan fingerprint density at radius 2 is 1.96 bits per heavy atom. The lowest BCUT2D eigenvalue weighted by Gasteiger charge is -2.21. The highest BCUT2D eigenvalue weighted by Gasteiger charge is 2.21. The zero-order chi connectivity index (χ0) is 18.4. The van der Waals surface area contributed by atoms with Gasteiger partial charge in [-0.1, -0.05) is 0 Å². The number of ether oxygens (including phenoxy) is 3. The molecule has 1 aliphatic heterocycles. The van der Waals surface area contributed by atoms with E-state index < -0.39 is 0 Å². The SMILES string of the molecule is COc1ccc(OC)c(Nc2ccc(NC(=O)C3CCOCC3)nc2)c1. The van der Waals surface area contributed by atoms with E-state index in [9.17, 15) is 4.79 Å². The van der Waals surface area contributed by atoms with Gasteiger partial charge in [0.15, 0.2) is 0 Å². The van der Waals surface area contributed by atoms with Gasteiger partial charge in [-0.15, -0.1) is 0 Å². The number of methoxy groups -OCH3 is 2. The third kappa shape index (κ3) is 4.43. The largest absolute Gasteiger partial charge is 0.497 e. The number of hydrogen-bond donors (Lipinski definition) is 2. The van der Waals surface area contributed by atoms with Crippen molar-refractivity contribution in [3.8, 4) is 11.5 Å². The Balaban J connectivity index is 1.65. The van der Waals surface area contributed by atoms with Crippen LogP contribution in [-0.2, 0) is 9.53 Å². The third-order valence-electron chi connectivity index (χ3n) is 4.29. The lowest BCUT2D eigenvalue weighted by molar-refractivity contribution is -0.122. The molecule has 2 N–H and O–H groups in total. The average Bonchev–Trinajstić information content (AvgIpc) is 2.70. The first-order valence-corrected chi connectivity index (χ1v) is 8.53. The fourth-order valence-corrected chi connectivity index (χ4v) is 2.80. The fraction of sp³-hybridized carbons (Fsp3) is 0.368. The quantitative estimate of drug-likeness (QED) is 0.826. The van der Waals surface area contributed by atoms with Gasteiger partial charge in [0.2, 0.25) is 5.91 Å². The van der Waals surface area contributed by atoms with Crippen LogP contribution in [0.25, 0.3) is 0 Å². The number of hydrogen-bond acceptors (Lipinski definition) is 6. The summed E-state index contributed by atoms with van der Waals surface area (Å²) in [5, 5.41) is 6.11. The number of aromatic nitrogens is 1. The van der Waals surface area contributed by atoms with E-state index in [4.69, 9.17) is 14.2 Å². The monoisotopic (exact) mass is 357 g/mol. The second kappa shape index (κ2) is 8.53. The van der Waals surface area contributed by atoms with Gasteiger partial charge < -0.3 is 24.8 Å². The smallest absolute Gasteiger partial charge is 0.228 e. The third-order valence-corrected chi connectivity index (χ3v) is 4.29. The number of benzene rings is 1. The van der Waals surface area contributed by atoms with Crippen molar-refractivity contribution >= 4 is 23.1 Å². The van der Waals surface area contributed by atoms with Crippen molar-refractivity contribution in [1.29, 1.82) is 0 Å². The molecule has 3 rings (SSSR count). The molecule has 7 nitrogen and oxygen atoms in total. The Bertz CT molecular complexity index is 743. The molecule has 26 heavy (non-hydrogen) atoms. The molecule has 1 saturated heterocycles. The van der Waals surface area contributed by atoms with Crippen molar-refractivity contribution in [1.82, 2.24) is 4.98 Å². The minimum Gasteiger partial charge on any atom is -0.497 e. The molecule has 7 heteroatoms. The molecule has 0 unspecified atom stereocenters. The van der Waals surface area contributed by atoms with Crippen LogP contribution in [0.1, 0.15) is 12.8 Å². The molecule has 0 bridgehead atoms. The molecule has 0 spiro atoms. The van der Waals surface area contributed by atoms with Gasteiger partial charge in [-0.05, 0) is 37.1 Å². The Morgan fingerprint density at radius 1 is 1.15 bits per heavy atom. The molecule has 0 radical (unpaired) electrons. The molecule has 1 fully saturated rings. The average molecular weight is 357 g/mol. The molecule has 0 aliphatic carbocycles. The van der Waals surface area contributed by atoms with Gasteiger partial charge in [0.05, 0.1) is 31.8 Å². The maximum atomic E-state index is 12.2. The minimum absolute atomic E-state index is 0.00373. The second-order valence-electron chi connectivity index (χ2n) is 6.00. The molecular formula is C19H23N3O4. The summed E-state index contributed by atoms with van der Waals surface area (Å²) in [5.41, 5.74) is 1.55. The van der Waals surface area contributed by atoms with Gasteiger partial charge in [-0.25, -0.2) is 4.98 Å². The van der Waals surface area contributed by atoms with E-state index in [0.717, 1.165) is 30.0 Å². The maximum Gasteiger partial charge on any atom is 0.228 e. The standard InChI is InChI=1S/C19H23N3O4/c1-24-15-4-5-17(25-2)16(11-15)21-14-3-6-18(20-12-14)22-19(23)13-7-9-26-10-8-13/h3-6,11-13,21H,7-10H2,1-2H3,(H,20,22,23). The van der Waals surface area contributed by atoms with Crippen molar-refractivity contribution < 1.29 is 19.0 Å². The summed E-state index contributed by atoms with van der Waals surface area (Å²) in [5.74, 6) is 1.94. The highest BCUT2D eigenvalue weighted by Crippen LogP contribution is 2.31. The van der Waals surface area contributed by atoms with Gasteiger partial charge >= 0.3 is 0 Å². The number of nitrogens with one attached hydrogen (secondary N) is 2. The number of amides is 1. The van der Waals surface area contributed by atoms with Crippen LogP contribution in [0.3, 0.4) is 0 Å².